The van der Waals surface area contributed by atoms with Crippen LogP contribution in [-0.4, -0.2) is 53.2 Å². The molecule has 7 heteroatoms. The maximum Gasteiger partial charge on any atom is 0.275 e. The minimum atomic E-state index is -0.629. The van der Waals surface area contributed by atoms with E-state index in [4.69, 9.17) is 9.47 Å². The molecule has 126 valence electrons. The third kappa shape index (κ3) is 3.51. The van der Waals surface area contributed by atoms with Crippen LogP contribution in [0.2, 0.25) is 0 Å². The number of amides is 1. The number of likely N-dealkylation sites (tertiary alicyclic amines) is 1. The smallest absolute Gasteiger partial charge is 0.275 e. The Morgan fingerprint density at radius 2 is 2.21 bits per heavy atom. The summed E-state index contributed by atoms with van der Waals surface area (Å²) in [6.07, 6.45) is 5.18. The third-order valence-corrected chi connectivity index (χ3v) is 4.01. The average molecular weight is 331 g/mol. The van der Waals surface area contributed by atoms with Crippen molar-refractivity contribution in [2.45, 2.75) is 18.6 Å². The van der Waals surface area contributed by atoms with E-state index in [1.165, 1.54) is 18.3 Å². The predicted octanol–water partition coefficient (Wildman–Crippen LogP) is 1.92. The molecule has 3 heterocycles. The zero-order valence-corrected chi connectivity index (χ0v) is 13.3. The zero-order valence-electron chi connectivity index (χ0n) is 13.3. The Morgan fingerprint density at radius 3 is 2.92 bits per heavy atom. The van der Waals surface area contributed by atoms with Crippen LogP contribution in [-0.2, 0) is 4.74 Å². The summed E-state index contributed by atoms with van der Waals surface area (Å²) in [5.74, 6) is -0.461. The molecule has 0 N–H and O–H groups in total. The number of hydrogen-bond acceptors (Lipinski definition) is 5. The zero-order chi connectivity index (χ0) is 16.9. The first-order chi connectivity index (χ1) is 11.7. The van der Waals surface area contributed by atoms with Gasteiger partial charge < -0.3 is 14.4 Å². The Hall–Kier alpha value is -2.54. The van der Waals surface area contributed by atoms with Gasteiger partial charge in [0.2, 0.25) is 0 Å². The molecule has 1 saturated heterocycles. The van der Waals surface area contributed by atoms with Gasteiger partial charge in [0.1, 0.15) is 12.4 Å². The lowest BCUT2D eigenvalue weighted by Crippen LogP contribution is -2.40. The molecule has 1 amide bonds. The lowest BCUT2D eigenvalue weighted by atomic mass is 10.2. The van der Waals surface area contributed by atoms with E-state index in [0.29, 0.717) is 18.7 Å². The summed E-state index contributed by atoms with van der Waals surface area (Å²) in [5, 5.41) is 0. The number of carbonyl (C=O) groups is 1. The average Bonchev–Trinajstić information content (AvgIpc) is 3.04. The molecule has 2 aromatic rings. The summed E-state index contributed by atoms with van der Waals surface area (Å²) in [5.41, 5.74) is -0.180. The van der Waals surface area contributed by atoms with Gasteiger partial charge >= 0.3 is 0 Å². The number of halogens is 1. The van der Waals surface area contributed by atoms with Crippen molar-refractivity contribution >= 4 is 5.91 Å². The number of methoxy groups -OCH3 is 1. The fraction of sp³-hybridized carbons (Fsp3) is 0.353. The van der Waals surface area contributed by atoms with Gasteiger partial charge in [-0.1, -0.05) is 0 Å². The van der Waals surface area contributed by atoms with Gasteiger partial charge in [-0.15, -0.1) is 0 Å². The van der Waals surface area contributed by atoms with E-state index < -0.39 is 11.7 Å². The van der Waals surface area contributed by atoms with Crippen molar-refractivity contribution in [2.24, 2.45) is 0 Å². The quantitative estimate of drug-likeness (QED) is 0.837. The van der Waals surface area contributed by atoms with Crippen molar-refractivity contribution in [1.82, 2.24) is 14.9 Å². The Kier molecular flexibility index (Phi) is 5.00. The van der Waals surface area contributed by atoms with E-state index in [9.17, 15) is 9.18 Å². The van der Waals surface area contributed by atoms with E-state index in [2.05, 4.69) is 9.97 Å². The van der Waals surface area contributed by atoms with Crippen LogP contribution in [0.25, 0.3) is 0 Å². The van der Waals surface area contributed by atoms with Crippen molar-refractivity contribution in [1.29, 1.82) is 0 Å². The van der Waals surface area contributed by atoms with Crippen molar-refractivity contribution in [3.8, 4) is 5.75 Å². The maximum absolute atomic E-state index is 13.9. The molecule has 1 aliphatic heterocycles. The monoisotopic (exact) mass is 331 g/mol. The molecule has 2 aromatic heterocycles. The van der Waals surface area contributed by atoms with Crippen LogP contribution >= 0.6 is 0 Å². The van der Waals surface area contributed by atoms with Crippen LogP contribution in [0, 0.1) is 5.82 Å². The summed E-state index contributed by atoms with van der Waals surface area (Å²) in [6, 6.07) is 6.03. The summed E-state index contributed by atoms with van der Waals surface area (Å²) in [4.78, 5) is 22.1. The minimum Gasteiger partial charge on any atom is -0.490 e. The summed E-state index contributed by atoms with van der Waals surface area (Å²) >= 11 is 0. The molecule has 0 unspecified atom stereocenters. The fourth-order valence-corrected chi connectivity index (χ4v) is 2.76. The summed E-state index contributed by atoms with van der Waals surface area (Å²) < 4.78 is 24.9. The van der Waals surface area contributed by atoms with Gasteiger partial charge in [0.15, 0.2) is 11.5 Å². The second-order valence-corrected chi connectivity index (χ2v) is 5.54. The first-order valence-corrected chi connectivity index (χ1v) is 7.66. The number of carbonyl (C=O) groups excluding carboxylic acids is 1. The highest BCUT2D eigenvalue weighted by atomic mass is 19.1. The normalized spacial score (nSPS) is 20.2. The largest absolute Gasteiger partial charge is 0.490 e. The molecular weight excluding hydrogens is 313 g/mol. The maximum atomic E-state index is 13.9. The minimum absolute atomic E-state index is 0.108. The van der Waals surface area contributed by atoms with Gasteiger partial charge in [0.05, 0.1) is 18.3 Å². The lowest BCUT2D eigenvalue weighted by Gasteiger charge is -2.24. The number of nitrogens with zero attached hydrogens (tertiary/aromatic N) is 3. The standard InChI is InChI=1S/C17H18FN3O3/c1-23-14-8-12(11-24-13-4-2-6-19-9-13)21(10-14)17(22)16-15(18)5-3-7-20-16/h2-7,9,12,14H,8,10-11H2,1H3/t12-,14-/m1/s1. The number of ether oxygens (including phenoxy) is 2. The van der Waals surface area contributed by atoms with Gasteiger partial charge in [-0.2, -0.15) is 0 Å². The molecule has 1 fully saturated rings. The van der Waals surface area contributed by atoms with Gasteiger partial charge in [0.25, 0.3) is 5.91 Å². The van der Waals surface area contributed by atoms with E-state index in [0.717, 1.165) is 0 Å². The lowest BCUT2D eigenvalue weighted by molar-refractivity contribution is 0.0647. The van der Waals surface area contributed by atoms with Crippen LogP contribution < -0.4 is 4.74 Å². The van der Waals surface area contributed by atoms with E-state index in [1.807, 2.05) is 0 Å². The third-order valence-electron chi connectivity index (χ3n) is 4.01. The number of pyridine rings is 2. The fourth-order valence-electron chi connectivity index (χ4n) is 2.76. The molecule has 24 heavy (non-hydrogen) atoms. The molecule has 3 rings (SSSR count). The number of hydrogen-bond donors (Lipinski definition) is 0. The van der Waals surface area contributed by atoms with Gasteiger partial charge in [-0.05, 0) is 30.7 Å². The first-order valence-electron chi connectivity index (χ1n) is 7.66. The van der Waals surface area contributed by atoms with Crippen molar-refractivity contribution in [3.05, 3.63) is 54.4 Å². The van der Waals surface area contributed by atoms with E-state index >= 15 is 0 Å². The van der Waals surface area contributed by atoms with E-state index in [1.54, 1.807) is 36.5 Å². The predicted molar refractivity (Wildman–Crippen MR) is 84.2 cm³/mol. The highest BCUT2D eigenvalue weighted by Gasteiger charge is 2.37. The molecule has 0 aromatic carbocycles. The van der Waals surface area contributed by atoms with Crippen molar-refractivity contribution in [3.63, 3.8) is 0 Å². The van der Waals surface area contributed by atoms with Crippen LogP contribution in [0.1, 0.15) is 16.9 Å². The van der Waals surface area contributed by atoms with Gasteiger partial charge in [0, 0.05) is 26.0 Å². The molecule has 0 radical (unpaired) electrons. The molecule has 0 spiro atoms. The van der Waals surface area contributed by atoms with Gasteiger partial charge in [-0.25, -0.2) is 9.37 Å². The van der Waals surface area contributed by atoms with Crippen molar-refractivity contribution < 1.29 is 18.7 Å². The molecule has 1 aliphatic rings. The highest BCUT2D eigenvalue weighted by Crippen LogP contribution is 2.23. The molecular formula is C17H18FN3O3. The Balaban J connectivity index is 1.74. The second kappa shape index (κ2) is 7.35. The Labute approximate surface area is 139 Å². The molecule has 0 bridgehead atoms. The first kappa shape index (κ1) is 16.3. The van der Waals surface area contributed by atoms with Crippen LogP contribution in [0.15, 0.2) is 42.9 Å². The second-order valence-electron chi connectivity index (χ2n) is 5.54. The highest BCUT2D eigenvalue weighted by molar-refractivity contribution is 5.93. The van der Waals surface area contributed by atoms with E-state index in [-0.39, 0.29) is 24.4 Å². The van der Waals surface area contributed by atoms with Crippen LogP contribution in [0.3, 0.4) is 0 Å². The molecule has 0 saturated carbocycles. The summed E-state index contributed by atoms with van der Waals surface area (Å²) in [6.45, 7) is 0.665. The van der Waals surface area contributed by atoms with Crippen LogP contribution in [0.4, 0.5) is 4.39 Å². The van der Waals surface area contributed by atoms with Gasteiger partial charge in [-0.3, -0.25) is 9.78 Å². The molecule has 2 atom stereocenters. The van der Waals surface area contributed by atoms with Crippen LogP contribution in [0.5, 0.6) is 5.75 Å². The van der Waals surface area contributed by atoms with Crippen molar-refractivity contribution in [2.75, 3.05) is 20.3 Å². The Morgan fingerprint density at radius 1 is 1.38 bits per heavy atom. The molecule has 0 aliphatic carbocycles. The Bertz CT molecular complexity index is 698. The molecule has 6 nitrogen and oxygen atoms in total. The number of rotatable bonds is 5. The summed E-state index contributed by atoms with van der Waals surface area (Å²) in [7, 11) is 1.60. The topological polar surface area (TPSA) is 64.6 Å². The number of aromatic nitrogens is 2. The SMILES string of the molecule is CO[C@@H]1C[C@H](COc2cccnc2)N(C(=O)c2ncccc2F)C1.